The number of ether oxygens (including phenoxy) is 3. The molecule has 0 radical (unpaired) electrons. The van der Waals surface area contributed by atoms with Crippen molar-refractivity contribution in [2.75, 3.05) is 11.5 Å². The number of rotatable bonds is 4. The van der Waals surface area contributed by atoms with Crippen LogP contribution in [-0.2, 0) is 10.0 Å². The van der Waals surface area contributed by atoms with Gasteiger partial charge in [-0.05, 0) is 12.1 Å². The average Bonchev–Trinajstić information content (AvgIpc) is 2.93. The maximum absolute atomic E-state index is 12.5. The third-order valence-corrected chi connectivity index (χ3v) is 4.79. The molecule has 134 valence electrons. The summed E-state index contributed by atoms with van der Waals surface area (Å²) in [6, 6.07) is 6.95. The molecule has 1 aliphatic heterocycles. The first-order valence-electron chi connectivity index (χ1n) is 6.62. The molecule has 0 amide bonds. The van der Waals surface area contributed by atoms with Crippen molar-refractivity contribution in [2.45, 2.75) is 11.3 Å². The van der Waals surface area contributed by atoms with Gasteiger partial charge in [0, 0.05) is 12.1 Å². The minimum absolute atomic E-state index is 0.0120. The number of para-hydroxylation sites is 1. The summed E-state index contributed by atoms with van der Waals surface area (Å²) in [7, 11) is -4.41. The lowest BCUT2D eigenvalue weighted by molar-refractivity contribution is -0.275. The van der Waals surface area contributed by atoms with E-state index < -0.39 is 27.0 Å². The number of hydrogen-bond acceptors (Lipinski definition) is 5. The van der Waals surface area contributed by atoms with E-state index in [1.165, 1.54) is 24.3 Å². The third-order valence-electron chi connectivity index (χ3n) is 3.07. The highest BCUT2D eigenvalue weighted by atomic mass is 35.5. The maximum Gasteiger partial charge on any atom is 0.573 e. The molecule has 0 aliphatic carbocycles. The highest BCUT2D eigenvalue weighted by molar-refractivity contribution is 7.92. The summed E-state index contributed by atoms with van der Waals surface area (Å²) in [5, 5.41) is -0.0120. The van der Waals surface area contributed by atoms with Gasteiger partial charge in [-0.15, -0.1) is 13.2 Å². The van der Waals surface area contributed by atoms with Gasteiger partial charge in [0.05, 0.1) is 10.7 Å². The molecule has 0 fully saturated rings. The molecular formula is C14H9ClF3NO5S. The van der Waals surface area contributed by atoms with Crippen LogP contribution in [0.25, 0.3) is 0 Å². The molecule has 0 atom stereocenters. The molecule has 1 N–H and O–H groups in total. The number of halogens is 4. The predicted octanol–water partition coefficient (Wildman–Crippen LogP) is 3.77. The summed E-state index contributed by atoms with van der Waals surface area (Å²) in [6.45, 7) is -0.0515. The van der Waals surface area contributed by atoms with E-state index in [-0.39, 0.29) is 23.3 Å². The van der Waals surface area contributed by atoms with Crippen molar-refractivity contribution < 1.29 is 35.8 Å². The topological polar surface area (TPSA) is 73.9 Å². The highest BCUT2D eigenvalue weighted by Crippen LogP contribution is 2.40. The summed E-state index contributed by atoms with van der Waals surface area (Å²) in [5.74, 6) is -0.282. The van der Waals surface area contributed by atoms with Gasteiger partial charge in [-0.1, -0.05) is 23.7 Å². The quantitative estimate of drug-likeness (QED) is 0.853. The molecule has 2 aromatic carbocycles. The fourth-order valence-corrected chi connectivity index (χ4v) is 3.53. The summed E-state index contributed by atoms with van der Waals surface area (Å²) < 4.78 is 78.4. The van der Waals surface area contributed by atoms with Crippen molar-refractivity contribution in [1.29, 1.82) is 0 Å². The van der Waals surface area contributed by atoms with Gasteiger partial charge in [0.25, 0.3) is 10.0 Å². The van der Waals surface area contributed by atoms with Crippen molar-refractivity contribution in [3.63, 3.8) is 0 Å². The van der Waals surface area contributed by atoms with Gasteiger partial charge in [-0.2, -0.15) is 0 Å². The summed E-state index contributed by atoms with van der Waals surface area (Å²) in [5.41, 5.74) is -0.0762. The van der Waals surface area contributed by atoms with Gasteiger partial charge in [-0.3, -0.25) is 4.72 Å². The second kappa shape index (κ2) is 6.19. The SMILES string of the molecule is O=S(=O)(Nc1cc2c(cc1Cl)OCO2)c1ccccc1OC(F)(F)F. The molecule has 0 saturated heterocycles. The Morgan fingerprint density at radius 1 is 1.12 bits per heavy atom. The van der Waals surface area contributed by atoms with Crippen molar-refractivity contribution >= 4 is 27.3 Å². The summed E-state index contributed by atoms with van der Waals surface area (Å²) in [4.78, 5) is -0.693. The van der Waals surface area contributed by atoms with E-state index in [1.807, 2.05) is 0 Å². The molecule has 0 spiro atoms. The van der Waals surface area contributed by atoms with Crippen molar-refractivity contribution in [3.05, 3.63) is 41.4 Å². The molecule has 0 aromatic heterocycles. The molecule has 25 heavy (non-hydrogen) atoms. The second-order valence-electron chi connectivity index (χ2n) is 4.79. The molecular weight excluding hydrogens is 387 g/mol. The van der Waals surface area contributed by atoms with Crippen molar-refractivity contribution in [2.24, 2.45) is 0 Å². The standard InChI is InChI=1S/C14H9ClF3NO5S/c15-8-5-11-12(23-7-22-11)6-9(8)19-25(20,21)13-4-2-1-3-10(13)24-14(16,17)18/h1-6,19H,7H2. The fraction of sp³-hybridized carbons (Fsp3) is 0.143. The largest absolute Gasteiger partial charge is 0.573 e. The number of fused-ring (bicyclic) bond motifs is 1. The van der Waals surface area contributed by atoms with Crippen LogP contribution in [0.5, 0.6) is 17.2 Å². The first-order chi connectivity index (χ1) is 11.7. The Morgan fingerprint density at radius 3 is 2.44 bits per heavy atom. The number of hydrogen-bond donors (Lipinski definition) is 1. The number of anilines is 1. The van der Waals surface area contributed by atoms with E-state index in [2.05, 4.69) is 9.46 Å². The summed E-state index contributed by atoms with van der Waals surface area (Å²) in [6.07, 6.45) is -5.04. The maximum atomic E-state index is 12.5. The van der Waals surface area contributed by atoms with Crippen LogP contribution in [0.2, 0.25) is 5.02 Å². The van der Waals surface area contributed by atoms with Gasteiger partial charge < -0.3 is 14.2 Å². The molecule has 2 aromatic rings. The molecule has 6 nitrogen and oxygen atoms in total. The van der Waals surface area contributed by atoms with Crippen LogP contribution in [0.15, 0.2) is 41.3 Å². The van der Waals surface area contributed by atoms with E-state index in [1.54, 1.807) is 0 Å². The van der Waals surface area contributed by atoms with Crippen LogP contribution in [0.3, 0.4) is 0 Å². The van der Waals surface area contributed by atoms with Gasteiger partial charge in [-0.25, -0.2) is 8.42 Å². The number of sulfonamides is 1. The molecule has 0 unspecified atom stereocenters. The molecule has 11 heteroatoms. The Labute approximate surface area is 145 Å². The van der Waals surface area contributed by atoms with E-state index in [4.69, 9.17) is 21.1 Å². The predicted molar refractivity (Wildman–Crippen MR) is 81.5 cm³/mol. The minimum atomic E-state index is -5.04. The Balaban J connectivity index is 1.96. The normalized spacial score (nSPS) is 13.6. The number of benzene rings is 2. The molecule has 0 bridgehead atoms. The van der Waals surface area contributed by atoms with Gasteiger partial charge in [0.15, 0.2) is 11.5 Å². The van der Waals surface area contributed by atoms with Crippen LogP contribution in [0, 0.1) is 0 Å². The second-order valence-corrected chi connectivity index (χ2v) is 6.84. The van der Waals surface area contributed by atoms with Crippen LogP contribution in [0.1, 0.15) is 0 Å². The van der Waals surface area contributed by atoms with Crippen molar-refractivity contribution in [3.8, 4) is 17.2 Å². The highest BCUT2D eigenvalue weighted by Gasteiger charge is 2.34. The minimum Gasteiger partial charge on any atom is -0.454 e. The molecule has 3 rings (SSSR count). The number of alkyl halides is 3. The first-order valence-corrected chi connectivity index (χ1v) is 8.48. The van der Waals surface area contributed by atoms with Crippen LogP contribution < -0.4 is 18.9 Å². The Hall–Kier alpha value is -2.33. The Kier molecular flexibility index (Phi) is 4.33. The lowest BCUT2D eigenvalue weighted by atomic mass is 10.3. The first kappa shape index (κ1) is 17.5. The Bertz CT molecular complexity index is 917. The van der Waals surface area contributed by atoms with Crippen molar-refractivity contribution in [1.82, 2.24) is 0 Å². The smallest absolute Gasteiger partial charge is 0.454 e. The zero-order chi connectivity index (χ0) is 18.2. The van der Waals surface area contributed by atoms with Gasteiger partial charge >= 0.3 is 6.36 Å². The fourth-order valence-electron chi connectivity index (χ4n) is 2.08. The zero-order valence-corrected chi connectivity index (χ0v) is 13.7. The van der Waals surface area contributed by atoms with E-state index >= 15 is 0 Å². The van der Waals surface area contributed by atoms with Crippen LogP contribution in [0.4, 0.5) is 18.9 Å². The van der Waals surface area contributed by atoms with Gasteiger partial charge in [0.1, 0.15) is 10.6 Å². The van der Waals surface area contributed by atoms with E-state index in [0.29, 0.717) is 5.75 Å². The molecule has 0 saturated carbocycles. The Morgan fingerprint density at radius 2 is 1.76 bits per heavy atom. The molecule has 1 heterocycles. The summed E-state index contributed by atoms with van der Waals surface area (Å²) >= 11 is 5.97. The lowest BCUT2D eigenvalue weighted by Crippen LogP contribution is -2.21. The van der Waals surface area contributed by atoms with Crippen LogP contribution in [-0.4, -0.2) is 21.6 Å². The number of nitrogens with one attached hydrogen (secondary N) is 1. The van der Waals surface area contributed by atoms with E-state index in [9.17, 15) is 21.6 Å². The molecule has 1 aliphatic rings. The lowest BCUT2D eigenvalue weighted by Gasteiger charge is -2.15. The van der Waals surface area contributed by atoms with Crippen LogP contribution >= 0.6 is 11.6 Å². The van der Waals surface area contributed by atoms with E-state index in [0.717, 1.165) is 12.1 Å². The van der Waals surface area contributed by atoms with Gasteiger partial charge in [0.2, 0.25) is 6.79 Å². The third kappa shape index (κ3) is 3.85. The zero-order valence-electron chi connectivity index (χ0n) is 12.1. The average molecular weight is 396 g/mol. The monoisotopic (exact) mass is 395 g/mol.